The molecule has 0 bridgehead atoms. The van der Waals surface area contributed by atoms with Gasteiger partial charge in [0, 0.05) is 28.9 Å². The molecule has 0 spiro atoms. The molecule has 1 aliphatic heterocycles. The van der Waals surface area contributed by atoms with Gasteiger partial charge in [0.15, 0.2) is 0 Å². The number of nitro benzene ring substituents is 1. The second-order valence-electron chi connectivity index (χ2n) is 8.51. The van der Waals surface area contributed by atoms with E-state index in [1.54, 1.807) is 48.2 Å². The molecule has 192 valence electrons. The molecule has 1 N–H and O–H groups in total. The number of ether oxygens (including phenoxy) is 2. The molecule has 1 amide bonds. The first-order valence-electron chi connectivity index (χ1n) is 12.1. The standard InChI is InChI=1S/C28H24N4O6/c1-3-37-22-15-9-17(10-16-22)24-23-25(30-29-24)27(33)31(20-11-7-19(8-12-20)28(34)38-4-2)26(23)18-5-13-21(14-6-18)32(35)36/h5-16,26H,3-4H2,1-2H3,(H,29,30). The second-order valence-corrected chi connectivity index (χ2v) is 8.51. The Bertz CT molecular complexity index is 1490. The minimum atomic E-state index is -0.618. The lowest BCUT2D eigenvalue weighted by Crippen LogP contribution is -2.29. The van der Waals surface area contributed by atoms with Crippen molar-refractivity contribution in [3.63, 3.8) is 0 Å². The molecular weight excluding hydrogens is 488 g/mol. The van der Waals surface area contributed by atoms with E-state index in [0.29, 0.717) is 40.4 Å². The zero-order valence-electron chi connectivity index (χ0n) is 20.7. The highest BCUT2D eigenvalue weighted by atomic mass is 16.6. The molecular formula is C28H24N4O6. The maximum Gasteiger partial charge on any atom is 0.338 e. The second kappa shape index (κ2) is 10.2. The average molecular weight is 513 g/mol. The Kier molecular flexibility index (Phi) is 6.61. The topological polar surface area (TPSA) is 128 Å². The number of esters is 1. The van der Waals surface area contributed by atoms with Crippen molar-refractivity contribution >= 4 is 23.3 Å². The van der Waals surface area contributed by atoms with Crippen LogP contribution in [0.3, 0.4) is 0 Å². The van der Waals surface area contributed by atoms with Gasteiger partial charge in [-0.05, 0) is 80.1 Å². The number of nitro groups is 1. The lowest BCUT2D eigenvalue weighted by Gasteiger charge is -2.26. The highest BCUT2D eigenvalue weighted by Crippen LogP contribution is 2.45. The van der Waals surface area contributed by atoms with Crippen LogP contribution in [-0.2, 0) is 4.74 Å². The normalized spacial score (nSPS) is 14.3. The number of fused-ring (bicyclic) bond motifs is 1. The van der Waals surface area contributed by atoms with Crippen molar-refractivity contribution in [3.05, 3.63) is 105 Å². The summed E-state index contributed by atoms with van der Waals surface area (Å²) in [6.07, 6.45) is 0. The zero-order valence-corrected chi connectivity index (χ0v) is 20.7. The number of rotatable bonds is 8. The van der Waals surface area contributed by atoms with Crippen LogP contribution in [0.4, 0.5) is 11.4 Å². The maximum atomic E-state index is 13.7. The van der Waals surface area contributed by atoms with Gasteiger partial charge in [-0.25, -0.2) is 4.79 Å². The van der Waals surface area contributed by atoms with Crippen molar-refractivity contribution in [2.75, 3.05) is 18.1 Å². The summed E-state index contributed by atoms with van der Waals surface area (Å²) in [5.74, 6) is -0.0439. The van der Waals surface area contributed by atoms with Gasteiger partial charge < -0.3 is 9.47 Å². The molecule has 10 nitrogen and oxygen atoms in total. The minimum Gasteiger partial charge on any atom is -0.494 e. The van der Waals surface area contributed by atoms with E-state index in [9.17, 15) is 19.7 Å². The summed E-state index contributed by atoms with van der Waals surface area (Å²) in [6.45, 7) is 4.43. The predicted octanol–water partition coefficient (Wildman–Crippen LogP) is 5.31. The van der Waals surface area contributed by atoms with Crippen LogP contribution >= 0.6 is 0 Å². The monoisotopic (exact) mass is 512 g/mol. The van der Waals surface area contributed by atoms with E-state index in [-0.39, 0.29) is 18.2 Å². The lowest BCUT2D eigenvalue weighted by atomic mass is 9.95. The van der Waals surface area contributed by atoms with E-state index < -0.39 is 16.9 Å². The highest BCUT2D eigenvalue weighted by molar-refractivity contribution is 6.12. The fraction of sp³-hybridized carbons (Fsp3) is 0.179. The van der Waals surface area contributed by atoms with Crippen LogP contribution in [0.1, 0.15) is 51.9 Å². The lowest BCUT2D eigenvalue weighted by molar-refractivity contribution is -0.384. The Morgan fingerprint density at radius 3 is 2.29 bits per heavy atom. The Morgan fingerprint density at radius 1 is 1.00 bits per heavy atom. The number of non-ortho nitro benzene ring substituents is 1. The van der Waals surface area contributed by atoms with E-state index in [1.165, 1.54) is 12.1 Å². The van der Waals surface area contributed by atoms with Crippen LogP contribution in [0.2, 0.25) is 0 Å². The molecule has 0 radical (unpaired) electrons. The zero-order chi connectivity index (χ0) is 26.8. The van der Waals surface area contributed by atoms with Crippen LogP contribution < -0.4 is 9.64 Å². The molecule has 1 aliphatic rings. The third kappa shape index (κ3) is 4.36. The molecule has 4 aromatic rings. The van der Waals surface area contributed by atoms with Crippen molar-refractivity contribution in [3.8, 4) is 17.0 Å². The van der Waals surface area contributed by atoms with E-state index in [1.807, 2.05) is 31.2 Å². The van der Waals surface area contributed by atoms with Gasteiger partial charge in [0.2, 0.25) is 0 Å². The summed E-state index contributed by atoms with van der Waals surface area (Å²) in [5, 5.41) is 18.6. The molecule has 0 saturated carbocycles. The molecule has 10 heteroatoms. The van der Waals surface area contributed by atoms with Gasteiger partial charge in [-0.1, -0.05) is 0 Å². The van der Waals surface area contributed by atoms with Gasteiger partial charge in [-0.2, -0.15) is 5.10 Å². The Morgan fingerprint density at radius 2 is 1.68 bits per heavy atom. The van der Waals surface area contributed by atoms with Crippen molar-refractivity contribution < 1.29 is 24.0 Å². The van der Waals surface area contributed by atoms with Crippen LogP contribution in [0.5, 0.6) is 5.75 Å². The number of aromatic nitrogens is 2. The summed E-state index contributed by atoms with van der Waals surface area (Å²) < 4.78 is 10.6. The minimum absolute atomic E-state index is 0.0532. The summed E-state index contributed by atoms with van der Waals surface area (Å²) in [4.78, 5) is 38.2. The van der Waals surface area contributed by atoms with E-state index in [0.717, 1.165) is 11.3 Å². The third-order valence-electron chi connectivity index (χ3n) is 6.28. The van der Waals surface area contributed by atoms with Crippen LogP contribution in [-0.4, -0.2) is 40.2 Å². The molecule has 1 atom stereocenters. The summed E-state index contributed by atoms with van der Waals surface area (Å²) in [5.41, 5.74) is 3.89. The van der Waals surface area contributed by atoms with E-state index >= 15 is 0 Å². The predicted molar refractivity (Wildman–Crippen MR) is 139 cm³/mol. The van der Waals surface area contributed by atoms with Gasteiger partial charge in [0.25, 0.3) is 11.6 Å². The first-order chi connectivity index (χ1) is 18.4. The van der Waals surface area contributed by atoms with Crippen LogP contribution in [0.25, 0.3) is 11.3 Å². The highest BCUT2D eigenvalue weighted by Gasteiger charge is 2.43. The number of hydrogen-bond acceptors (Lipinski definition) is 7. The summed E-state index contributed by atoms with van der Waals surface area (Å²) in [7, 11) is 0. The van der Waals surface area contributed by atoms with Gasteiger partial charge in [0.1, 0.15) is 11.4 Å². The number of hydrogen-bond donors (Lipinski definition) is 1. The molecule has 0 fully saturated rings. The molecule has 5 rings (SSSR count). The maximum absolute atomic E-state index is 13.7. The third-order valence-corrected chi connectivity index (χ3v) is 6.28. The van der Waals surface area contributed by atoms with Crippen molar-refractivity contribution in [1.82, 2.24) is 10.2 Å². The van der Waals surface area contributed by atoms with Gasteiger partial charge in [0.05, 0.1) is 35.4 Å². The van der Waals surface area contributed by atoms with Crippen molar-refractivity contribution in [1.29, 1.82) is 0 Å². The van der Waals surface area contributed by atoms with Gasteiger partial charge in [-0.15, -0.1) is 0 Å². The molecule has 2 heterocycles. The van der Waals surface area contributed by atoms with Gasteiger partial charge >= 0.3 is 5.97 Å². The molecule has 1 unspecified atom stereocenters. The quantitative estimate of drug-likeness (QED) is 0.192. The Balaban J connectivity index is 1.61. The number of aromatic amines is 1. The fourth-order valence-corrected chi connectivity index (χ4v) is 4.58. The Hall–Kier alpha value is -4.99. The summed E-state index contributed by atoms with van der Waals surface area (Å²) in [6, 6.07) is 19.5. The SMILES string of the molecule is CCOC(=O)c1ccc(N2C(=O)c3[nH]nc(-c4ccc(OCC)cc4)c3C2c2ccc([N+](=O)[O-])cc2)cc1. The van der Waals surface area contributed by atoms with Crippen molar-refractivity contribution in [2.24, 2.45) is 0 Å². The van der Waals surface area contributed by atoms with Crippen LogP contribution in [0, 0.1) is 10.1 Å². The first-order valence-corrected chi connectivity index (χ1v) is 12.1. The molecule has 38 heavy (non-hydrogen) atoms. The fourth-order valence-electron chi connectivity index (χ4n) is 4.58. The molecule has 1 aromatic heterocycles. The van der Waals surface area contributed by atoms with Crippen LogP contribution in [0.15, 0.2) is 72.8 Å². The molecule has 3 aromatic carbocycles. The van der Waals surface area contributed by atoms with E-state index in [2.05, 4.69) is 10.2 Å². The number of nitrogens with zero attached hydrogens (tertiary/aromatic N) is 3. The first kappa shape index (κ1) is 24.7. The number of amides is 1. The largest absolute Gasteiger partial charge is 0.494 e. The molecule has 0 saturated heterocycles. The number of benzene rings is 3. The van der Waals surface area contributed by atoms with Crippen molar-refractivity contribution in [2.45, 2.75) is 19.9 Å². The smallest absolute Gasteiger partial charge is 0.338 e. The number of anilines is 1. The Labute approximate surface area is 218 Å². The summed E-state index contributed by atoms with van der Waals surface area (Å²) >= 11 is 0. The number of carbonyl (C=O) groups is 2. The number of carbonyl (C=O) groups excluding carboxylic acids is 2. The molecule has 0 aliphatic carbocycles. The van der Waals surface area contributed by atoms with Gasteiger partial charge in [-0.3, -0.25) is 24.9 Å². The number of nitrogens with one attached hydrogen (secondary N) is 1. The number of H-pyrrole nitrogens is 1. The van der Waals surface area contributed by atoms with E-state index in [4.69, 9.17) is 9.47 Å². The average Bonchev–Trinajstić information content (AvgIpc) is 3.48.